The zero-order valence-corrected chi connectivity index (χ0v) is 38.1. The van der Waals surface area contributed by atoms with Crippen molar-refractivity contribution < 1.29 is 24.5 Å². The minimum atomic E-state index is -0.674. The van der Waals surface area contributed by atoms with E-state index in [2.05, 4.69) is 43.5 Å². The summed E-state index contributed by atoms with van der Waals surface area (Å²) >= 11 is 0. The first kappa shape index (κ1) is 55.3. The van der Waals surface area contributed by atoms with Gasteiger partial charge < -0.3 is 20.3 Å². The largest absolute Gasteiger partial charge is 0.466 e. The maximum absolute atomic E-state index is 12.4. The molecule has 0 aliphatic carbocycles. The lowest BCUT2D eigenvalue weighted by Gasteiger charge is -2.22. The monoisotopic (exact) mass is 804 g/mol. The molecule has 0 aromatic rings. The van der Waals surface area contributed by atoms with E-state index in [1.165, 1.54) is 161 Å². The third kappa shape index (κ3) is 43.7. The lowest BCUT2D eigenvalue weighted by atomic mass is 10.0. The molecule has 6 nitrogen and oxygen atoms in total. The standard InChI is InChI=1S/C51H97NO5/c1-3-5-7-9-11-13-15-17-18-20-23-27-31-35-39-43-49(54)48(47-53)52-50(55)44-40-36-32-28-24-21-22-26-30-34-38-42-46-57-51(56)45-41-37-33-29-25-19-16-14-12-10-8-6-4-2/h8,10,14,16,48-49,53-54H,3-7,9,11-13,15,17-47H2,1-2H3,(H,52,55)/b10-8-,16-14-. The quantitative estimate of drug-likeness (QED) is 0.0324. The number of carbonyl (C=O) groups is 2. The molecule has 0 aliphatic heterocycles. The smallest absolute Gasteiger partial charge is 0.305 e. The van der Waals surface area contributed by atoms with E-state index in [1.54, 1.807) is 0 Å². The van der Waals surface area contributed by atoms with E-state index in [9.17, 15) is 19.8 Å². The number of rotatable bonds is 46. The molecule has 57 heavy (non-hydrogen) atoms. The Morgan fingerprint density at radius 2 is 0.912 bits per heavy atom. The molecule has 0 aromatic heterocycles. The molecule has 0 spiro atoms. The average Bonchev–Trinajstić information content (AvgIpc) is 3.21. The summed E-state index contributed by atoms with van der Waals surface area (Å²) in [6.07, 6.45) is 54.2. The predicted molar refractivity (Wildman–Crippen MR) is 246 cm³/mol. The fourth-order valence-corrected chi connectivity index (χ4v) is 7.62. The number of nitrogens with one attached hydrogen (secondary N) is 1. The van der Waals surface area contributed by atoms with E-state index >= 15 is 0 Å². The normalized spacial score (nSPS) is 12.8. The van der Waals surface area contributed by atoms with E-state index < -0.39 is 12.1 Å². The van der Waals surface area contributed by atoms with Crippen LogP contribution in [0.15, 0.2) is 24.3 Å². The minimum absolute atomic E-state index is 0.0246. The van der Waals surface area contributed by atoms with Crippen molar-refractivity contribution in [2.75, 3.05) is 13.2 Å². The Balaban J connectivity index is 3.48. The topological polar surface area (TPSA) is 95.9 Å². The molecule has 0 radical (unpaired) electrons. The molecule has 0 fully saturated rings. The number of aliphatic hydroxyl groups excluding tert-OH is 2. The van der Waals surface area contributed by atoms with Crippen LogP contribution in [0.3, 0.4) is 0 Å². The van der Waals surface area contributed by atoms with Crippen LogP contribution in [0.4, 0.5) is 0 Å². The van der Waals surface area contributed by atoms with E-state index in [0.29, 0.717) is 25.9 Å². The Bertz CT molecular complexity index is 889. The minimum Gasteiger partial charge on any atom is -0.466 e. The van der Waals surface area contributed by atoms with Gasteiger partial charge in [-0.3, -0.25) is 9.59 Å². The zero-order valence-electron chi connectivity index (χ0n) is 38.1. The Hall–Kier alpha value is -1.66. The first-order valence-corrected chi connectivity index (χ1v) is 25.1. The third-order valence-electron chi connectivity index (χ3n) is 11.5. The number of aliphatic hydroxyl groups is 2. The highest BCUT2D eigenvalue weighted by atomic mass is 16.5. The van der Waals surface area contributed by atoms with Gasteiger partial charge in [-0.15, -0.1) is 0 Å². The van der Waals surface area contributed by atoms with Crippen LogP contribution in [0.25, 0.3) is 0 Å². The highest BCUT2D eigenvalue weighted by Gasteiger charge is 2.20. The second-order valence-corrected chi connectivity index (χ2v) is 17.1. The Labute approximate surface area is 354 Å². The van der Waals surface area contributed by atoms with Gasteiger partial charge in [-0.1, -0.05) is 224 Å². The summed E-state index contributed by atoms with van der Waals surface area (Å²) in [5.74, 6) is -0.0758. The molecule has 0 saturated carbocycles. The summed E-state index contributed by atoms with van der Waals surface area (Å²) in [7, 11) is 0. The van der Waals surface area contributed by atoms with E-state index in [-0.39, 0.29) is 18.5 Å². The van der Waals surface area contributed by atoms with Crippen LogP contribution in [0.2, 0.25) is 0 Å². The Morgan fingerprint density at radius 1 is 0.491 bits per heavy atom. The van der Waals surface area contributed by atoms with Gasteiger partial charge in [0.15, 0.2) is 0 Å². The van der Waals surface area contributed by atoms with Crippen LogP contribution >= 0.6 is 0 Å². The first-order chi connectivity index (χ1) is 28.0. The van der Waals surface area contributed by atoms with Gasteiger partial charge in [0.25, 0.3) is 0 Å². The molecule has 6 heteroatoms. The Morgan fingerprint density at radius 3 is 1.40 bits per heavy atom. The number of carbonyl (C=O) groups excluding carboxylic acids is 2. The van der Waals surface area contributed by atoms with Gasteiger partial charge in [-0.2, -0.15) is 0 Å². The molecule has 3 N–H and O–H groups in total. The van der Waals surface area contributed by atoms with Crippen molar-refractivity contribution >= 4 is 11.9 Å². The molecule has 0 aliphatic rings. The van der Waals surface area contributed by atoms with Crippen LogP contribution in [0.1, 0.15) is 264 Å². The molecule has 2 unspecified atom stereocenters. The summed E-state index contributed by atoms with van der Waals surface area (Å²) in [5, 5.41) is 23.2. The predicted octanol–water partition coefficient (Wildman–Crippen LogP) is 14.7. The van der Waals surface area contributed by atoms with Crippen LogP contribution in [0.5, 0.6) is 0 Å². The van der Waals surface area contributed by atoms with Gasteiger partial charge in [0.05, 0.1) is 25.4 Å². The molecule has 0 aromatic carbocycles. The maximum atomic E-state index is 12.4. The number of esters is 1. The second kappa shape index (κ2) is 47.0. The maximum Gasteiger partial charge on any atom is 0.305 e. The highest BCUT2D eigenvalue weighted by Crippen LogP contribution is 2.16. The van der Waals surface area contributed by atoms with Gasteiger partial charge in [-0.05, 0) is 51.4 Å². The number of hydrogen-bond acceptors (Lipinski definition) is 5. The summed E-state index contributed by atoms with van der Waals surface area (Å²) in [6.45, 7) is 4.85. The van der Waals surface area contributed by atoms with Crippen molar-refractivity contribution in [3.05, 3.63) is 24.3 Å². The van der Waals surface area contributed by atoms with Crippen molar-refractivity contribution in [1.82, 2.24) is 5.32 Å². The van der Waals surface area contributed by atoms with Crippen LogP contribution in [-0.2, 0) is 14.3 Å². The summed E-state index contributed by atoms with van der Waals surface area (Å²) in [5.41, 5.74) is 0. The molecule has 0 heterocycles. The number of unbranched alkanes of at least 4 members (excludes halogenated alkanes) is 31. The zero-order chi connectivity index (χ0) is 41.5. The number of hydrogen-bond donors (Lipinski definition) is 3. The van der Waals surface area contributed by atoms with E-state index in [0.717, 1.165) is 70.6 Å². The lowest BCUT2D eigenvalue weighted by molar-refractivity contribution is -0.143. The summed E-state index contributed by atoms with van der Waals surface area (Å²) in [4.78, 5) is 24.4. The number of ether oxygens (including phenoxy) is 1. The molecular weight excluding hydrogens is 707 g/mol. The molecular formula is C51H97NO5. The van der Waals surface area contributed by atoms with Gasteiger partial charge >= 0.3 is 5.97 Å². The first-order valence-electron chi connectivity index (χ1n) is 25.1. The van der Waals surface area contributed by atoms with Gasteiger partial charge in [0.2, 0.25) is 5.91 Å². The molecule has 0 saturated heterocycles. The molecule has 336 valence electrons. The van der Waals surface area contributed by atoms with E-state index in [1.807, 2.05) is 0 Å². The van der Waals surface area contributed by atoms with Crippen LogP contribution < -0.4 is 5.32 Å². The van der Waals surface area contributed by atoms with Crippen molar-refractivity contribution in [2.45, 2.75) is 276 Å². The fraction of sp³-hybridized carbons (Fsp3) is 0.882. The van der Waals surface area contributed by atoms with Crippen LogP contribution in [0, 0.1) is 0 Å². The number of allylic oxidation sites excluding steroid dienone is 4. The fourth-order valence-electron chi connectivity index (χ4n) is 7.62. The summed E-state index contributed by atoms with van der Waals surface area (Å²) in [6, 6.07) is -0.553. The van der Waals surface area contributed by atoms with Crippen molar-refractivity contribution in [3.63, 3.8) is 0 Å². The molecule has 0 bridgehead atoms. The average molecular weight is 804 g/mol. The van der Waals surface area contributed by atoms with Crippen LogP contribution in [-0.4, -0.2) is 47.4 Å². The third-order valence-corrected chi connectivity index (χ3v) is 11.5. The highest BCUT2D eigenvalue weighted by molar-refractivity contribution is 5.76. The summed E-state index contributed by atoms with van der Waals surface area (Å²) < 4.78 is 5.44. The van der Waals surface area contributed by atoms with Crippen molar-refractivity contribution in [1.29, 1.82) is 0 Å². The van der Waals surface area contributed by atoms with Crippen molar-refractivity contribution in [3.8, 4) is 0 Å². The van der Waals surface area contributed by atoms with Gasteiger partial charge in [0.1, 0.15) is 0 Å². The molecule has 1 amide bonds. The molecule has 2 atom stereocenters. The Kier molecular flexibility index (Phi) is 45.7. The van der Waals surface area contributed by atoms with Crippen molar-refractivity contribution in [2.24, 2.45) is 0 Å². The van der Waals surface area contributed by atoms with Gasteiger partial charge in [0, 0.05) is 12.8 Å². The van der Waals surface area contributed by atoms with Gasteiger partial charge in [-0.25, -0.2) is 0 Å². The number of amides is 1. The van der Waals surface area contributed by atoms with E-state index in [4.69, 9.17) is 4.74 Å². The lowest BCUT2D eigenvalue weighted by Crippen LogP contribution is -2.45. The SMILES string of the molecule is CCC/C=C\C/C=C\CCCCCCCC(=O)OCCCCCCCCCCCCCCC(=O)NC(CO)C(O)CCCCCCCCCCCCCCCCC. The molecule has 0 rings (SSSR count). The second-order valence-electron chi connectivity index (χ2n) is 17.1.